The Balaban J connectivity index is 1.56. The minimum Gasteiger partial charge on any atom is -0.363 e. The number of fused-ring (bicyclic) bond motifs is 1. The molecule has 0 bridgehead atoms. The summed E-state index contributed by atoms with van der Waals surface area (Å²) in [6.45, 7) is 6.10. The van der Waals surface area contributed by atoms with E-state index in [1.165, 1.54) is 5.01 Å². The van der Waals surface area contributed by atoms with E-state index < -0.39 is 17.6 Å². The van der Waals surface area contributed by atoms with Crippen LogP contribution < -0.4 is 16.6 Å². The molecule has 0 saturated carbocycles. The molecule has 180 valence electrons. The lowest BCUT2D eigenvalue weighted by Crippen LogP contribution is -2.57. The van der Waals surface area contributed by atoms with Crippen molar-refractivity contribution in [1.82, 2.24) is 9.80 Å². The molecule has 0 radical (unpaired) electrons. The molecule has 1 unspecified atom stereocenters. The van der Waals surface area contributed by atoms with Gasteiger partial charge in [-0.3, -0.25) is 19.3 Å². The van der Waals surface area contributed by atoms with Gasteiger partial charge in [0.05, 0.1) is 22.2 Å². The molecule has 0 spiro atoms. The number of rotatable bonds is 5. The van der Waals surface area contributed by atoms with E-state index in [9.17, 15) is 14.4 Å². The first-order valence-corrected chi connectivity index (χ1v) is 11.8. The van der Waals surface area contributed by atoms with Crippen LogP contribution in [0, 0.1) is 0 Å². The third-order valence-corrected chi connectivity index (χ3v) is 7.17. The number of hydrazine groups is 1. The van der Waals surface area contributed by atoms with Gasteiger partial charge in [-0.2, -0.15) is 0 Å². The van der Waals surface area contributed by atoms with Crippen molar-refractivity contribution in [2.45, 2.75) is 38.4 Å². The molecule has 2 amide bonds. The molecule has 2 heterocycles. The number of nitrogens with two attached hydrogens (primary N) is 2. The molecule has 2 aliphatic heterocycles. The number of primary amides is 1. The molecular formula is C24H27Cl2N5O3. The molecular weight excluding hydrogens is 477 g/mol. The van der Waals surface area contributed by atoms with Gasteiger partial charge < -0.3 is 15.6 Å². The molecule has 34 heavy (non-hydrogen) atoms. The predicted molar refractivity (Wildman–Crippen MR) is 132 cm³/mol. The van der Waals surface area contributed by atoms with Crippen molar-refractivity contribution in [2.75, 3.05) is 24.6 Å². The summed E-state index contributed by atoms with van der Waals surface area (Å²) in [5.41, 5.74) is 7.60. The number of Topliss-reactive ketones (excluding diaryl/α,β-unsaturated/α-hetero) is 1. The van der Waals surface area contributed by atoms with Crippen LogP contribution in [0.4, 0.5) is 5.69 Å². The van der Waals surface area contributed by atoms with E-state index in [0.29, 0.717) is 29.4 Å². The lowest BCUT2D eigenvalue weighted by Gasteiger charge is -2.44. The van der Waals surface area contributed by atoms with Crippen LogP contribution in [0.3, 0.4) is 0 Å². The molecule has 2 aromatic carbocycles. The van der Waals surface area contributed by atoms with E-state index in [0.717, 1.165) is 12.1 Å². The van der Waals surface area contributed by atoms with E-state index in [2.05, 4.69) is 11.8 Å². The maximum Gasteiger partial charge on any atom is 0.285 e. The molecule has 10 heteroatoms. The Kier molecular flexibility index (Phi) is 6.87. The number of halogens is 2. The van der Waals surface area contributed by atoms with Crippen molar-refractivity contribution in [3.8, 4) is 0 Å². The molecule has 0 aliphatic carbocycles. The maximum atomic E-state index is 13.6. The number of benzene rings is 2. The van der Waals surface area contributed by atoms with Crippen LogP contribution in [0.1, 0.15) is 41.3 Å². The monoisotopic (exact) mass is 503 g/mol. The summed E-state index contributed by atoms with van der Waals surface area (Å²) in [5.74, 6) is 3.17. The minimum absolute atomic E-state index is 0.0683. The van der Waals surface area contributed by atoms with Gasteiger partial charge in [-0.1, -0.05) is 35.3 Å². The highest BCUT2D eigenvalue weighted by atomic mass is 35.5. The van der Waals surface area contributed by atoms with E-state index in [1.54, 1.807) is 17.0 Å². The molecule has 1 saturated heterocycles. The minimum atomic E-state index is -1.03. The van der Waals surface area contributed by atoms with Crippen LogP contribution in [0.15, 0.2) is 36.4 Å². The Hall–Kier alpha value is -2.65. The highest BCUT2D eigenvalue weighted by molar-refractivity contribution is 6.38. The zero-order valence-corrected chi connectivity index (χ0v) is 20.5. The number of amides is 2. The lowest BCUT2D eigenvalue weighted by molar-refractivity contribution is -0.136. The second kappa shape index (κ2) is 9.54. The second-order valence-electron chi connectivity index (χ2n) is 9.04. The highest BCUT2D eigenvalue weighted by Crippen LogP contribution is 2.39. The standard InChI is InChI=1S/C24H27Cl2N5O3/c1-13-10-30(14(2)9-29(13)11-15-4-3-5-16(25)6-15)24(34)18-7-17-19(22(32)23(27)33)12-31(28)21(17)8-20(18)26/h3-8,13-14,19H,9-12,28H2,1-2H3,(H2,27,33)/t13-,14+,19?/m0/s1. The molecule has 4 rings (SSSR count). The Labute approximate surface area is 208 Å². The average Bonchev–Trinajstić information content (AvgIpc) is 3.09. The van der Waals surface area contributed by atoms with Gasteiger partial charge in [0.2, 0.25) is 5.78 Å². The Morgan fingerprint density at radius 2 is 1.76 bits per heavy atom. The first kappa shape index (κ1) is 24.5. The molecule has 2 aliphatic rings. The van der Waals surface area contributed by atoms with Crippen LogP contribution in [-0.4, -0.2) is 59.1 Å². The third-order valence-electron chi connectivity index (χ3n) is 6.62. The highest BCUT2D eigenvalue weighted by Gasteiger charge is 2.38. The van der Waals surface area contributed by atoms with Crippen LogP contribution in [0.5, 0.6) is 0 Å². The van der Waals surface area contributed by atoms with Crippen molar-refractivity contribution in [3.63, 3.8) is 0 Å². The zero-order valence-electron chi connectivity index (χ0n) is 19.0. The molecule has 2 aromatic rings. The van der Waals surface area contributed by atoms with Gasteiger partial charge in [-0.25, -0.2) is 5.84 Å². The first-order valence-electron chi connectivity index (χ1n) is 11.1. The topological polar surface area (TPSA) is 113 Å². The van der Waals surface area contributed by atoms with Crippen molar-refractivity contribution in [2.24, 2.45) is 11.6 Å². The van der Waals surface area contributed by atoms with Gasteiger partial charge in [0.25, 0.3) is 11.8 Å². The van der Waals surface area contributed by atoms with E-state index in [4.69, 9.17) is 34.8 Å². The number of hydrogen-bond donors (Lipinski definition) is 2. The Morgan fingerprint density at radius 3 is 2.44 bits per heavy atom. The molecule has 0 aromatic heterocycles. The van der Waals surface area contributed by atoms with Gasteiger partial charge in [0, 0.05) is 43.3 Å². The third kappa shape index (κ3) is 4.63. The van der Waals surface area contributed by atoms with Crippen LogP contribution >= 0.6 is 23.2 Å². The first-order chi connectivity index (χ1) is 16.1. The van der Waals surface area contributed by atoms with Gasteiger partial charge in [-0.05, 0) is 49.2 Å². The summed E-state index contributed by atoms with van der Waals surface area (Å²) in [5, 5.41) is 2.29. The summed E-state index contributed by atoms with van der Waals surface area (Å²) in [6.07, 6.45) is 0. The SMILES string of the molecule is C[C@@H]1CN(Cc2cccc(Cl)c2)[C@@H](C)CN1C(=O)c1cc2c(cc1Cl)N(N)CC2C(=O)C(N)=O. The quantitative estimate of drug-likeness (QED) is 0.478. The maximum absolute atomic E-state index is 13.6. The normalized spacial score (nSPS) is 22.6. The van der Waals surface area contributed by atoms with Gasteiger partial charge in [0.1, 0.15) is 0 Å². The number of hydrogen-bond acceptors (Lipinski definition) is 6. The summed E-state index contributed by atoms with van der Waals surface area (Å²) in [7, 11) is 0. The number of carbonyl (C=O) groups excluding carboxylic acids is 3. The number of ketones is 1. The van der Waals surface area contributed by atoms with Crippen molar-refractivity contribution in [1.29, 1.82) is 0 Å². The van der Waals surface area contributed by atoms with Gasteiger partial charge in [-0.15, -0.1) is 0 Å². The fourth-order valence-electron chi connectivity index (χ4n) is 4.79. The van der Waals surface area contributed by atoms with Gasteiger partial charge in [0.15, 0.2) is 0 Å². The average molecular weight is 504 g/mol. The number of carbonyl (C=O) groups is 3. The number of piperazine rings is 1. The smallest absolute Gasteiger partial charge is 0.285 e. The summed E-state index contributed by atoms with van der Waals surface area (Å²) >= 11 is 12.6. The summed E-state index contributed by atoms with van der Waals surface area (Å²) < 4.78 is 0. The van der Waals surface area contributed by atoms with Crippen molar-refractivity contribution in [3.05, 3.63) is 63.1 Å². The lowest BCUT2D eigenvalue weighted by atomic mass is 9.94. The fraction of sp³-hybridized carbons (Fsp3) is 0.375. The van der Waals surface area contributed by atoms with Crippen molar-refractivity contribution >= 4 is 46.5 Å². The zero-order chi connectivity index (χ0) is 24.7. The summed E-state index contributed by atoms with van der Waals surface area (Å²) in [4.78, 5) is 41.5. The largest absolute Gasteiger partial charge is 0.363 e. The molecule has 3 atom stereocenters. The van der Waals surface area contributed by atoms with Crippen molar-refractivity contribution < 1.29 is 14.4 Å². The van der Waals surface area contributed by atoms with Gasteiger partial charge >= 0.3 is 0 Å². The number of anilines is 1. The van der Waals surface area contributed by atoms with E-state index in [1.807, 2.05) is 31.2 Å². The predicted octanol–water partition coefficient (Wildman–Crippen LogP) is 2.56. The molecule has 8 nitrogen and oxygen atoms in total. The second-order valence-corrected chi connectivity index (χ2v) is 9.88. The van der Waals surface area contributed by atoms with E-state index >= 15 is 0 Å². The fourth-order valence-corrected chi connectivity index (χ4v) is 5.24. The number of nitrogens with zero attached hydrogens (tertiary/aromatic N) is 3. The van der Waals surface area contributed by atoms with Crippen LogP contribution in [0.25, 0.3) is 0 Å². The molecule has 4 N–H and O–H groups in total. The Morgan fingerprint density at radius 1 is 1.03 bits per heavy atom. The van der Waals surface area contributed by atoms with Crippen LogP contribution in [-0.2, 0) is 16.1 Å². The molecule has 1 fully saturated rings. The van der Waals surface area contributed by atoms with E-state index in [-0.39, 0.29) is 35.1 Å². The summed E-state index contributed by atoms with van der Waals surface area (Å²) in [6, 6.07) is 11.0. The van der Waals surface area contributed by atoms with Crippen LogP contribution in [0.2, 0.25) is 10.0 Å². The Bertz CT molecular complexity index is 1160.